The molecule has 2 heterocycles. The molecule has 2 rings (SSSR count). The number of nitrogens with one attached hydrogen (secondary N) is 1. The number of halogens is 1. The second-order valence-corrected chi connectivity index (χ2v) is 6.43. The van der Waals surface area contributed by atoms with Gasteiger partial charge in [-0.25, -0.2) is 4.79 Å². The number of piperidine rings is 2. The number of carbonyl (C=O) groups excluding carboxylic acids is 1. The molecule has 2 N–H and O–H groups in total. The standard InChI is InChI=1S/C13H22N2O4.ClH/c1-13(2,3)19-12(18)15-6-8-4-14-5-9(7-15)10(8)11(16)17;/h8-10,14H,4-7H2,1-3H3,(H,16,17);1H. The van der Waals surface area contributed by atoms with Crippen molar-refractivity contribution in [1.29, 1.82) is 0 Å². The van der Waals surface area contributed by atoms with Gasteiger partial charge >= 0.3 is 12.1 Å². The molecule has 0 saturated carbocycles. The first-order valence-electron chi connectivity index (χ1n) is 6.69. The largest absolute Gasteiger partial charge is 0.481 e. The maximum atomic E-state index is 12.1. The van der Waals surface area contributed by atoms with E-state index in [1.165, 1.54) is 0 Å². The van der Waals surface area contributed by atoms with Crippen LogP contribution < -0.4 is 5.32 Å². The van der Waals surface area contributed by atoms with Crippen molar-refractivity contribution in [2.24, 2.45) is 17.8 Å². The molecule has 0 aliphatic carbocycles. The predicted octanol–water partition coefficient (Wildman–Crippen LogP) is 1.20. The third kappa shape index (κ3) is 3.76. The summed E-state index contributed by atoms with van der Waals surface area (Å²) in [6, 6.07) is 0. The van der Waals surface area contributed by atoms with Gasteiger partial charge in [0.25, 0.3) is 0 Å². The minimum Gasteiger partial charge on any atom is -0.481 e. The molecule has 2 saturated heterocycles. The zero-order valence-electron chi connectivity index (χ0n) is 12.1. The number of carbonyl (C=O) groups is 2. The minimum atomic E-state index is -0.750. The molecule has 0 aromatic rings. The summed E-state index contributed by atoms with van der Waals surface area (Å²) in [6.07, 6.45) is -0.340. The van der Waals surface area contributed by atoms with Crippen molar-refractivity contribution in [1.82, 2.24) is 10.2 Å². The lowest BCUT2D eigenvalue weighted by Gasteiger charge is -2.45. The number of hydrogen-bond donors (Lipinski definition) is 2. The predicted molar refractivity (Wildman–Crippen MR) is 76.0 cm³/mol. The van der Waals surface area contributed by atoms with Gasteiger partial charge in [0.05, 0.1) is 5.92 Å². The van der Waals surface area contributed by atoms with Crippen molar-refractivity contribution in [3.63, 3.8) is 0 Å². The van der Waals surface area contributed by atoms with E-state index < -0.39 is 11.6 Å². The van der Waals surface area contributed by atoms with Gasteiger partial charge in [0.2, 0.25) is 0 Å². The number of fused-ring (bicyclic) bond motifs is 2. The van der Waals surface area contributed by atoms with Crippen LogP contribution in [0.4, 0.5) is 4.79 Å². The fourth-order valence-corrected chi connectivity index (χ4v) is 2.97. The van der Waals surface area contributed by atoms with E-state index in [0.717, 1.165) is 0 Å². The molecule has 2 atom stereocenters. The molecule has 20 heavy (non-hydrogen) atoms. The number of ether oxygens (including phenoxy) is 1. The SMILES string of the molecule is CC(C)(C)OC(=O)N1CC2CNCC(C1)C2C(=O)O.Cl. The van der Waals surface area contributed by atoms with Crippen molar-refractivity contribution < 1.29 is 19.4 Å². The summed E-state index contributed by atoms with van der Waals surface area (Å²) in [5.74, 6) is -1.16. The van der Waals surface area contributed by atoms with Gasteiger partial charge in [0.1, 0.15) is 5.60 Å². The van der Waals surface area contributed by atoms with Gasteiger partial charge in [0, 0.05) is 38.0 Å². The van der Waals surface area contributed by atoms with Crippen LogP contribution in [-0.4, -0.2) is 53.8 Å². The second kappa shape index (κ2) is 6.18. The van der Waals surface area contributed by atoms with Gasteiger partial charge in [-0.15, -0.1) is 12.4 Å². The number of likely N-dealkylation sites (tertiary alicyclic amines) is 1. The van der Waals surface area contributed by atoms with Gasteiger partial charge in [-0.05, 0) is 20.8 Å². The third-order valence-corrected chi connectivity index (χ3v) is 3.68. The second-order valence-electron chi connectivity index (χ2n) is 6.43. The maximum Gasteiger partial charge on any atom is 0.410 e. The van der Waals surface area contributed by atoms with Crippen LogP contribution in [-0.2, 0) is 9.53 Å². The van der Waals surface area contributed by atoms with Gasteiger partial charge in [-0.2, -0.15) is 0 Å². The smallest absolute Gasteiger partial charge is 0.410 e. The first kappa shape index (κ1) is 17.0. The zero-order valence-corrected chi connectivity index (χ0v) is 12.9. The highest BCUT2D eigenvalue weighted by Gasteiger charge is 2.45. The Labute approximate surface area is 125 Å². The van der Waals surface area contributed by atoms with E-state index in [2.05, 4.69) is 5.32 Å². The Morgan fingerprint density at radius 3 is 2.10 bits per heavy atom. The van der Waals surface area contributed by atoms with E-state index in [1.54, 1.807) is 4.90 Å². The number of aliphatic carboxylic acids is 1. The fourth-order valence-electron chi connectivity index (χ4n) is 2.97. The van der Waals surface area contributed by atoms with Crippen LogP contribution in [0, 0.1) is 17.8 Å². The van der Waals surface area contributed by atoms with Crippen LogP contribution in [0.25, 0.3) is 0 Å². The Kier molecular flexibility index (Phi) is 5.27. The molecule has 2 aliphatic heterocycles. The van der Waals surface area contributed by atoms with Crippen molar-refractivity contribution in [2.45, 2.75) is 26.4 Å². The highest BCUT2D eigenvalue weighted by Crippen LogP contribution is 2.32. The molecule has 116 valence electrons. The normalized spacial score (nSPS) is 29.4. The minimum absolute atomic E-state index is 0. The van der Waals surface area contributed by atoms with E-state index in [9.17, 15) is 14.7 Å². The lowest BCUT2D eigenvalue weighted by molar-refractivity contribution is -0.150. The molecule has 2 aliphatic rings. The van der Waals surface area contributed by atoms with Crippen LogP contribution in [0.15, 0.2) is 0 Å². The number of carboxylic acids is 1. The van der Waals surface area contributed by atoms with Crippen LogP contribution in [0.3, 0.4) is 0 Å². The van der Waals surface area contributed by atoms with E-state index in [0.29, 0.717) is 26.2 Å². The summed E-state index contributed by atoms with van der Waals surface area (Å²) in [5.41, 5.74) is -0.520. The highest BCUT2D eigenvalue weighted by molar-refractivity contribution is 5.85. The highest BCUT2D eigenvalue weighted by atomic mass is 35.5. The average molecular weight is 307 g/mol. The molecule has 0 aromatic heterocycles. The molecular formula is C13H23ClN2O4. The average Bonchev–Trinajstić information content (AvgIpc) is 2.24. The van der Waals surface area contributed by atoms with Gasteiger partial charge in [-0.3, -0.25) is 4.79 Å². The number of hydrogen-bond acceptors (Lipinski definition) is 4. The topological polar surface area (TPSA) is 78.9 Å². The summed E-state index contributed by atoms with van der Waals surface area (Å²) >= 11 is 0. The first-order chi connectivity index (χ1) is 8.78. The fraction of sp³-hybridized carbons (Fsp3) is 0.846. The Morgan fingerprint density at radius 1 is 1.20 bits per heavy atom. The molecule has 0 spiro atoms. The summed E-state index contributed by atoms with van der Waals surface area (Å²) < 4.78 is 5.36. The molecule has 0 radical (unpaired) electrons. The number of rotatable bonds is 1. The van der Waals surface area contributed by atoms with Crippen LogP contribution in [0.2, 0.25) is 0 Å². The summed E-state index contributed by atoms with van der Waals surface area (Å²) in [4.78, 5) is 25.0. The Hall–Kier alpha value is -1.01. The van der Waals surface area contributed by atoms with Crippen molar-refractivity contribution in [2.75, 3.05) is 26.2 Å². The Balaban J connectivity index is 0.00000200. The first-order valence-corrected chi connectivity index (χ1v) is 6.69. The number of carboxylic acid groups (broad SMARTS) is 1. The molecular weight excluding hydrogens is 284 g/mol. The molecule has 2 bridgehead atoms. The van der Waals surface area contributed by atoms with E-state index in [4.69, 9.17) is 4.74 Å². The quantitative estimate of drug-likeness (QED) is 0.761. The molecule has 0 aromatic carbocycles. The monoisotopic (exact) mass is 306 g/mol. The molecule has 1 amide bonds. The van der Waals surface area contributed by atoms with Crippen molar-refractivity contribution in [3.8, 4) is 0 Å². The van der Waals surface area contributed by atoms with Crippen molar-refractivity contribution in [3.05, 3.63) is 0 Å². The van der Waals surface area contributed by atoms with Crippen LogP contribution in [0.5, 0.6) is 0 Å². The lowest BCUT2D eigenvalue weighted by Crippen LogP contribution is -2.60. The maximum absolute atomic E-state index is 12.1. The van der Waals surface area contributed by atoms with Crippen LogP contribution in [0.1, 0.15) is 20.8 Å². The Morgan fingerprint density at radius 2 is 1.70 bits per heavy atom. The van der Waals surface area contributed by atoms with Gasteiger partial charge < -0.3 is 20.1 Å². The third-order valence-electron chi connectivity index (χ3n) is 3.68. The summed E-state index contributed by atoms with van der Waals surface area (Å²) in [5, 5.41) is 12.5. The summed E-state index contributed by atoms with van der Waals surface area (Å²) in [6.45, 7) is 7.69. The van der Waals surface area contributed by atoms with Gasteiger partial charge in [-0.1, -0.05) is 0 Å². The molecule has 2 unspecified atom stereocenters. The molecule has 2 fully saturated rings. The number of amides is 1. The molecule has 6 nitrogen and oxygen atoms in total. The van der Waals surface area contributed by atoms with Gasteiger partial charge in [0.15, 0.2) is 0 Å². The lowest BCUT2D eigenvalue weighted by atomic mass is 9.75. The van der Waals surface area contributed by atoms with Crippen molar-refractivity contribution >= 4 is 24.5 Å². The molecule has 7 heteroatoms. The summed E-state index contributed by atoms with van der Waals surface area (Å²) in [7, 11) is 0. The zero-order chi connectivity index (χ0) is 14.2. The van der Waals surface area contributed by atoms with Crippen LogP contribution >= 0.6 is 12.4 Å². The van der Waals surface area contributed by atoms with E-state index in [-0.39, 0.29) is 36.3 Å². The van der Waals surface area contributed by atoms with E-state index in [1.807, 2.05) is 20.8 Å². The van der Waals surface area contributed by atoms with E-state index >= 15 is 0 Å². The Bertz CT molecular complexity index is 369. The number of nitrogens with zero attached hydrogens (tertiary/aromatic N) is 1.